The fourth-order valence-electron chi connectivity index (χ4n) is 2.82. The molecule has 1 saturated carbocycles. The zero-order chi connectivity index (χ0) is 18.2. The number of esters is 1. The van der Waals surface area contributed by atoms with Gasteiger partial charge in [0.2, 0.25) is 0 Å². The minimum atomic E-state index is -5.21. The van der Waals surface area contributed by atoms with Gasteiger partial charge in [-0.1, -0.05) is 0 Å². The summed E-state index contributed by atoms with van der Waals surface area (Å²) in [6.45, 7) is 1.05. The lowest BCUT2D eigenvalue weighted by Gasteiger charge is -2.32. The van der Waals surface area contributed by atoms with Gasteiger partial charge < -0.3 is 14.6 Å². The molecule has 8 heteroatoms. The van der Waals surface area contributed by atoms with E-state index < -0.39 is 35.4 Å². The third-order valence-corrected chi connectivity index (χ3v) is 4.26. The standard InChI is InChI=1S/C16H18F4O4/c1-3-24-13(21)15(22,16(18,19)20)9-14(6-7-14)11-8-10(17)4-5-12(11)23-2/h4-5,8,22H,3,6-7,9H2,1-2H3. The number of ether oxygens (including phenoxy) is 2. The van der Waals surface area contributed by atoms with E-state index in [0.717, 1.165) is 12.1 Å². The number of rotatable bonds is 6. The van der Waals surface area contributed by atoms with Gasteiger partial charge in [0.25, 0.3) is 5.60 Å². The van der Waals surface area contributed by atoms with Crippen LogP contribution in [-0.4, -0.2) is 36.6 Å². The molecule has 134 valence electrons. The Hall–Kier alpha value is -1.83. The number of halogens is 4. The summed E-state index contributed by atoms with van der Waals surface area (Å²) in [6.07, 6.45) is -5.62. The molecule has 2 rings (SSSR count). The molecule has 0 saturated heterocycles. The maximum atomic E-state index is 13.6. The van der Waals surface area contributed by atoms with Crippen molar-refractivity contribution in [3.63, 3.8) is 0 Å². The third-order valence-electron chi connectivity index (χ3n) is 4.26. The van der Waals surface area contributed by atoms with Gasteiger partial charge in [0, 0.05) is 17.4 Å². The van der Waals surface area contributed by atoms with Crippen LogP contribution in [0, 0.1) is 5.82 Å². The summed E-state index contributed by atoms with van der Waals surface area (Å²) in [5.74, 6) is -2.18. The van der Waals surface area contributed by atoms with E-state index in [4.69, 9.17) is 4.74 Å². The summed E-state index contributed by atoms with van der Waals surface area (Å²) in [5.41, 5.74) is -4.64. The van der Waals surface area contributed by atoms with Gasteiger partial charge in [0.15, 0.2) is 0 Å². The Morgan fingerprint density at radius 2 is 1.96 bits per heavy atom. The lowest BCUT2D eigenvalue weighted by Crippen LogP contribution is -2.55. The third kappa shape index (κ3) is 3.19. The predicted octanol–water partition coefficient (Wildman–Crippen LogP) is 3.11. The first-order valence-corrected chi connectivity index (χ1v) is 7.40. The molecule has 0 heterocycles. The second-order valence-corrected chi connectivity index (χ2v) is 5.88. The number of benzene rings is 1. The van der Waals surface area contributed by atoms with Crippen molar-refractivity contribution in [2.75, 3.05) is 13.7 Å². The topological polar surface area (TPSA) is 55.8 Å². The van der Waals surface area contributed by atoms with E-state index in [1.165, 1.54) is 20.1 Å². The Bertz CT molecular complexity index is 625. The Balaban J connectivity index is 2.43. The molecule has 1 fully saturated rings. The van der Waals surface area contributed by atoms with Gasteiger partial charge in [-0.15, -0.1) is 0 Å². The molecular weight excluding hydrogens is 332 g/mol. The van der Waals surface area contributed by atoms with Crippen molar-refractivity contribution in [3.05, 3.63) is 29.6 Å². The quantitative estimate of drug-likeness (QED) is 0.633. The molecule has 0 spiro atoms. The highest BCUT2D eigenvalue weighted by Gasteiger charge is 2.66. The van der Waals surface area contributed by atoms with Crippen LogP contribution in [0.15, 0.2) is 18.2 Å². The summed E-state index contributed by atoms with van der Waals surface area (Å²) in [4.78, 5) is 11.8. The van der Waals surface area contributed by atoms with Gasteiger partial charge in [-0.2, -0.15) is 13.2 Å². The minimum Gasteiger partial charge on any atom is -0.496 e. The normalized spacial score (nSPS) is 18.6. The van der Waals surface area contributed by atoms with Gasteiger partial charge in [-0.25, -0.2) is 9.18 Å². The molecule has 1 aliphatic carbocycles. The lowest BCUT2D eigenvalue weighted by molar-refractivity contribution is -0.266. The zero-order valence-electron chi connectivity index (χ0n) is 13.2. The highest BCUT2D eigenvalue weighted by molar-refractivity contribution is 5.81. The summed E-state index contributed by atoms with van der Waals surface area (Å²) in [6, 6.07) is 3.51. The van der Waals surface area contributed by atoms with Gasteiger partial charge in [-0.05, 0) is 38.0 Å². The van der Waals surface area contributed by atoms with Crippen molar-refractivity contribution in [3.8, 4) is 5.75 Å². The molecule has 0 radical (unpaired) electrons. The summed E-state index contributed by atoms with van der Waals surface area (Å²) in [5, 5.41) is 10.1. The number of methoxy groups -OCH3 is 1. The molecule has 0 aliphatic heterocycles. The number of carbonyl (C=O) groups is 1. The van der Waals surface area contributed by atoms with Crippen LogP contribution >= 0.6 is 0 Å². The summed E-state index contributed by atoms with van der Waals surface area (Å²) in [7, 11) is 1.31. The van der Waals surface area contributed by atoms with E-state index in [1.54, 1.807) is 0 Å². The molecule has 1 aromatic rings. The maximum Gasteiger partial charge on any atom is 0.428 e. The molecular formula is C16H18F4O4. The maximum absolute atomic E-state index is 13.6. The van der Waals surface area contributed by atoms with Crippen molar-refractivity contribution in [2.24, 2.45) is 0 Å². The Morgan fingerprint density at radius 3 is 2.42 bits per heavy atom. The molecule has 24 heavy (non-hydrogen) atoms. The summed E-state index contributed by atoms with van der Waals surface area (Å²) < 4.78 is 63.1. The van der Waals surface area contributed by atoms with Crippen LogP contribution in [0.25, 0.3) is 0 Å². The highest BCUT2D eigenvalue weighted by Crippen LogP contribution is 2.58. The first-order chi connectivity index (χ1) is 11.1. The molecule has 1 aromatic carbocycles. The number of alkyl halides is 3. The molecule has 1 N–H and O–H groups in total. The monoisotopic (exact) mass is 350 g/mol. The second-order valence-electron chi connectivity index (χ2n) is 5.88. The van der Waals surface area contributed by atoms with Crippen LogP contribution in [0.5, 0.6) is 5.75 Å². The lowest BCUT2D eigenvalue weighted by atomic mass is 9.82. The highest BCUT2D eigenvalue weighted by atomic mass is 19.4. The van der Waals surface area contributed by atoms with Crippen LogP contribution in [-0.2, 0) is 14.9 Å². The van der Waals surface area contributed by atoms with E-state index in [9.17, 15) is 27.5 Å². The van der Waals surface area contributed by atoms with Crippen molar-refractivity contribution < 1.29 is 36.9 Å². The SMILES string of the molecule is CCOC(=O)C(O)(CC1(c2cc(F)ccc2OC)CC1)C(F)(F)F. The first-order valence-electron chi connectivity index (χ1n) is 7.40. The van der Waals surface area contributed by atoms with E-state index in [-0.39, 0.29) is 30.8 Å². The molecule has 1 atom stereocenters. The van der Waals surface area contributed by atoms with Gasteiger partial charge in [-0.3, -0.25) is 0 Å². The van der Waals surface area contributed by atoms with E-state index in [2.05, 4.69) is 4.74 Å². The molecule has 1 unspecified atom stereocenters. The predicted molar refractivity (Wildman–Crippen MR) is 76.1 cm³/mol. The van der Waals surface area contributed by atoms with Crippen molar-refractivity contribution in [1.82, 2.24) is 0 Å². The van der Waals surface area contributed by atoms with Gasteiger partial charge >= 0.3 is 12.1 Å². The van der Waals surface area contributed by atoms with Crippen molar-refractivity contribution in [1.29, 1.82) is 0 Å². The molecule has 1 aliphatic rings. The Labute approximate surface area is 136 Å². The molecule has 0 bridgehead atoms. The largest absolute Gasteiger partial charge is 0.496 e. The summed E-state index contributed by atoms with van der Waals surface area (Å²) >= 11 is 0. The smallest absolute Gasteiger partial charge is 0.428 e. The van der Waals surface area contributed by atoms with Crippen molar-refractivity contribution in [2.45, 2.75) is 43.4 Å². The second kappa shape index (κ2) is 6.23. The van der Waals surface area contributed by atoms with E-state index in [0.29, 0.717) is 0 Å². The minimum absolute atomic E-state index is 0.206. The molecule has 4 nitrogen and oxygen atoms in total. The number of hydrogen-bond donors (Lipinski definition) is 1. The van der Waals surface area contributed by atoms with E-state index >= 15 is 0 Å². The van der Waals surface area contributed by atoms with Crippen LogP contribution in [0.3, 0.4) is 0 Å². The number of carbonyl (C=O) groups excluding carboxylic acids is 1. The number of hydrogen-bond acceptors (Lipinski definition) is 4. The molecule has 0 aromatic heterocycles. The van der Waals surface area contributed by atoms with Crippen molar-refractivity contribution >= 4 is 5.97 Å². The average Bonchev–Trinajstić information content (AvgIpc) is 3.26. The fraction of sp³-hybridized carbons (Fsp3) is 0.562. The van der Waals surface area contributed by atoms with Gasteiger partial charge in [0.05, 0.1) is 13.7 Å². The van der Waals surface area contributed by atoms with Gasteiger partial charge in [0.1, 0.15) is 11.6 Å². The fourth-order valence-corrected chi connectivity index (χ4v) is 2.82. The van der Waals surface area contributed by atoms with E-state index in [1.807, 2.05) is 0 Å². The number of aliphatic hydroxyl groups is 1. The van der Waals surface area contributed by atoms with Crippen LogP contribution in [0.4, 0.5) is 17.6 Å². The zero-order valence-corrected chi connectivity index (χ0v) is 13.2. The van der Waals surface area contributed by atoms with Crippen LogP contribution in [0.2, 0.25) is 0 Å². The first kappa shape index (κ1) is 18.5. The average molecular weight is 350 g/mol. The Morgan fingerprint density at radius 1 is 1.33 bits per heavy atom. The van der Waals surface area contributed by atoms with Crippen LogP contribution < -0.4 is 4.74 Å². The Kier molecular flexibility index (Phi) is 4.81. The molecule has 0 amide bonds. The van der Waals surface area contributed by atoms with Crippen LogP contribution in [0.1, 0.15) is 31.7 Å².